The Morgan fingerprint density at radius 2 is 2.30 bits per heavy atom. The van der Waals surface area contributed by atoms with Crippen LogP contribution in [-0.2, 0) is 11.3 Å². The summed E-state index contributed by atoms with van der Waals surface area (Å²) >= 11 is 9.47. The molecular formula is C14H19BrCl2N2O. The molecule has 3 nitrogen and oxygen atoms in total. The van der Waals surface area contributed by atoms with Gasteiger partial charge in [0, 0.05) is 22.5 Å². The molecule has 2 rings (SSSR count). The van der Waals surface area contributed by atoms with Gasteiger partial charge in [-0.15, -0.1) is 12.4 Å². The van der Waals surface area contributed by atoms with E-state index in [-0.39, 0.29) is 18.3 Å². The normalized spacial score (nSPS) is 17.6. The fourth-order valence-electron chi connectivity index (χ4n) is 2.24. The zero-order valence-corrected chi connectivity index (χ0v) is 14.3. The van der Waals surface area contributed by atoms with Crippen LogP contribution in [0.15, 0.2) is 22.7 Å². The number of carbonyl (C=O) groups excluding carboxylic acids is 1. The van der Waals surface area contributed by atoms with Crippen LogP contribution in [0.2, 0.25) is 5.02 Å². The number of rotatable bonds is 5. The first-order valence-corrected chi connectivity index (χ1v) is 7.73. The van der Waals surface area contributed by atoms with E-state index in [1.54, 1.807) is 0 Å². The summed E-state index contributed by atoms with van der Waals surface area (Å²) in [6, 6.07) is 5.69. The third-order valence-electron chi connectivity index (χ3n) is 3.43. The van der Waals surface area contributed by atoms with E-state index >= 15 is 0 Å². The molecule has 1 aromatic carbocycles. The molecule has 1 aromatic rings. The van der Waals surface area contributed by atoms with Crippen LogP contribution in [0.1, 0.15) is 24.8 Å². The predicted octanol–water partition coefficient (Wildman–Crippen LogP) is 3.53. The van der Waals surface area contributed by atoms with Crippen molar-refractivity contribution < 1.29 is 4.79 Å². The lowest BCUT2D eigenvalue weighted by atomic mass is 10.0. The van der Waals surface area contributed by atoms with Crippen molar-refractivity contribution >= 4 is 45.8 Å². The molecule has 6 heteroatoms. The number of hydrogen-bond donors (Lipinski definition) is 2. The summed E-state index contributed by atoms with van der Waals surface area (Å²) in [6.45, 7) is 2.63. The summed E-state index contributed by atoms with van der Waals surface area (Å²) in [7, 11) is 0. The molecular weight excluding hydrogens is 363 g/mol. The molecule has 1 aliphatic rings. The van der Waals surface area contributed by atoms with Crippen LogP contribution in [0.3, 0.4) is 0 Å². The van der Waals surface area contributed by atoms with E-state index in [9.17, 15) is 4.79 Å². The van der Waals surface area contributed by atoms with Crippen molar-refractivity contribution in [1.29, 1.82) is 0 Å². The van der Waals surface area contributed by atoms with Crippen LogP contribution in [0, 0.1) is 5.92 Å². The highest BCUT2D eigenvalue weighted by molar-refractivity contribution is 9.10. The third-order valence-corrected chi connectivity index (χ3v) is 4.28. The van der Waals surface area contributed by atoms with Gasteiger partial charge in [-0.05, 0) is 49.5 Å². The van der Waals surface area contributed by atoms with Crippen LogP contribution in [-0.4, -0.2) is 19.0 Å². The van der Waals surface area contributed by atoms with E-state index in [0.29, 0.717) is 23.9 Å². The van der Waals surface area contributed by atoms with Crippen molar-refractivity contribution in [2.45, 2.75) is 25.8 Å². The molecule has 1 saturated heterocycles. The van der Waals surface area contributed by atoms with Gasteiger partial charge in [-0.2, -0.15) is 0 Å². The molecule has 0 aliphatic carbocycles. The van der Waals surface area contributed by atoms with E-state index in [1.165, 1.54) is 6.42 Å². The summed E-state index contributed by atoms with van der Waals surface area (Å²) in [5.41, 5.74) is 0.945. The highest BCUT2D eigenvalue weighted by Gasteiger charge is 2.15. The zero-order chi connectivity index (χ0) is 13.7. The van der Waals surface area contributed by atoms with Gasteiger partial charge in [0.15, 0.2) is 0 Å². The van der Waals surface area contributed by atoms with Crippen LogP contribution in [0.25, 0.3) is 0 Å². The monoisotopic (exact) mass is 380 g/mol. The molecule has 0 spiro atoms. The third kappa shape index (κ3) is 5.60. The van der Waals surface area contributed by atoms with Gasteiger partial charge in [-0.3, -0.25) is 4.79 Å². The molecule has 20 heavy (non-hydrogen) atoms. The zero-order valence-electron chi connectivity index (χ0n) is 11.1. The van der Waals surface area contributed by atoms with E-state index in [0.717, 1.165) is 29.5 Å². The van der Waals surface area contributed by atoms with E-state index in [2.05, 4.69) is 26.6 Å². The summed E-state index contributed by atoms with van der Waals surface area (Å²) in [5.74, 6) is 0.757. The van der Waals surface area contributed by atoms with E-state index in [4.69, 9.17) is 11.6 Å². The van der Waals surface area contributed by atoms with Gasteiger partial charge in [0.1, 0.15) is 0 Å². The molecule has 0 saturated carbocycles. The second kappa shape index (κ2) is 8.88. The molecule has 1 heterocycles. The van der Waals surface area contributed by atoms with Crippen LogP contribution >= 0.6 is 39.9 Å². The van der Waals surface area contributed by atoms with E-state index < -0.39 is 0 Å². The quantitative estimate of drug-likeness (QED) is 0.818. The summed E-state index contributed by atoms with van der Waals surface area (Å²) < 4.78 is 0.946. The number of carbonyl (C=O) groups is 1. The molecule has 0 bridgehead atoms. The Balaban J connectivity index is 0.00000200. The molecule has 1 unspecified atom stereocenters. The first-order chi connectivity index (χ1) is 9.15. The number of halogens is 3. The minimum atomic E-state index is 0. The van der Waals surface area contributed by atoms with Gasteiger partial charge in [-0.1, -0.05) is 33.6 Å². The summed E-state index contributed by atoms with van der Waals surface area (Å²) in [5, 5.41) is 6.91. The van der Waals surface area contributed by atoms with Gasteiger partial charge in [-0.25, -0.2) is 0 Å². The fourth-order valence-corrected chi connectivity index (χ4v) is 2.98. The Hall–Kier alpha value is -0.290. The van der Waals surface area contributed by atoms with Gasteiger partial charge in [0.2, 0.25) is 5.91 Å². The maximum atomic E-state index is 11.8. The van der Waals surface area contributed by atoms with Gasteiger partial charge < -0.3 is 10.6 Å². The minimum absolute atomic E-state index is 0. The number of amides is 1. The Morgan fingerprint density at radius 3 is 2.95 bits per heavy atom. The second-order valence-electron chi connectivity index (χ2n) is 4.91. The summed E-state index contributed by atoms with van der Waals surface area (Å²) in [4.78, 5) is 11.8. The molecule has 0 radical (unpaired) electrons. The Bertz CT molecular complexity index is 451. The van der Waals surface area contributed by atoms with Crippen LogP contribution < -0.4 is 10.6 Å². The smallest absolute Gasteiger partial charge is 0.220 e. The van der Waals surface area contributed by atoms with Crippen molar-refractivity contribution in [2.24, 2.45) is 5.92 Å². The van der Waals surface area contributed by atoms with Crippen molar-refractivity contribution in [3.63, 3.8) is 0 Å². The first kappa shape index (κ1) is 17.8. The second-order valence-corrected chi connectivity index (χ2v) is 6.23. The largest absolute Gasteiger partial charge is 0.352 e. The standard InChI is InChI=1S/C14H18BrClN2O.ClH/c15-12-3-2-11(13(16)7-12)9-18-14(19)4-1-10-5-6-17-8-10;/h2-3,7,10,17H,1,4-6,8-9H2,(H,18,19);1H. The highest BCUT2D eigenvalue weighted by atomic mass is 79.9. The van der Waals surface area contributed by atoms with Crippen molar-refractivity contribution in [1.82, 2.24) is 10.6 Å². The van der Waals surface area contributed by atoms with Gasteiger partial charge in [0.05, 0.1) is 0 Å². The van der Waals surface area contributed by atoms with Crippen molar-refractivity contribution in [3.8, 4) is 0 Å². The lowest BCUT2D eigenvalue weighted by Crippen LogP contribution is -2.23. The Kier molecular flexibility index (Phi) is 7.88. The topological polar surface area (TPSA) is 41.1 Å². The SMILES string of the molecule is Cl.O=C(CCC1CCNC1)NCc1ccc(Br)cc1Cl. The van der Waals surface area contributed by atoms with Gasteiger partial charge >= 0.3 is 0 Å². The molecule has 1 fully saturated rings. The number of hydrogen-bond acceptors (Lipinski definition) is 2. The first-order valence-electron chi connectivity index (χ1n) is 6.56. The molecule has 1 atom stereocenters. The molecule has 0 aromatic heterocycles. The van der Waals surface area contributed by atoms with E-state index in [1.807, 2.05) is 18.2 Å². The van der Waals surface area contributed by atoms with Crippen LogP contribution in [0.4, 0.5) is 0 Å². The molecule has 1 amide bonds. The number of nitrogens with one attached hydrogen (secondary N) is 2. The number of benzene rings is 1. The predicted molar refractivity (Wildman–Crippen MR) is 88.5 cm³/mol. The average molecular weight is 382 g/mol. The lowest BCUT2D eigenvalue weighted by Gasteiger charge is -2.09. The molecule has 112 valence electrons. The molecule has 1 aliphatic heterocycles. The van der Waals surface area contributed by atoms with Gasteiger partial charge in [0.25, 0.3) is 0 Å². The van der Waals surface area contributed by atoms with Crippen molar-refractivity contribution in [3.05, 3.63) is 33.3 Å². The Morgan fingerprint density at radius 1 is 1.50 bits per heavy atom. The van der Waals surface area contributed by atoms with Crippen molar-refractivity contribution in [2.75, 3.05) is 13.1 Å². The summed E-state index contributed by atoms with van der Waals surface area (Å²) in [6.07, 6.45) is 2.75. The molecule has 2 N–H and O–H groups in total. The Labute approximate surface area is 139 Å². The van der Waals surface area contributed by atoms with Crippen LogP contribution in [0.5, 0.6) is 0 Å². The average Bonchev–Trinajstić information content (AvgIpc) is 2.88. The minimum Gasteiger partial charge on any atom is -0.352 e. The maximum Gasteiger partial charge on any atom is 0.220 e. The lowest BCUT2D eigenvalue weighted by molar-refractivity contribution is -0.121. The fraction of sp³-hybridized carbons (Fsp3) is 0.500. The highest BCUT2D eigenvalue weighted by Crippen LogP contribution is 2.21. The maximum absolute atomic E-state index is 11.8.